The second-order valence-electron chi connectivity index (χ2n) is 4.76. The molecule has 1 N–H and O–H groups in total. The molecule has 0 aliphatic heterocycles. The summed E-state index contributed by atoms with van der Waals surface area (Å²) in [5.74, 6) is -1.35. The summed E-state index contributed by atoms with van der Waals surface area (Å²) in [6, 6.07) is 17.5. The monoisotopic (exact) mass is 270 g/mol. The van der Waals surface area contributed by atoms with Crippen LogP contribution < -0.4 is 0 Å². The minimum atomic E-state index is -0.823. The van der Waals surface area contributed by atoms with Crippen LogP contribution in [0.15, 0.2) is 54.6 Å². The van der Waals surface area contributed by atoms with Gasteiger partial charge in [-0.05, 0) is 23.6 Å². The highest BCUT2D eigenvalue weighted by Crippen LogP contribution is 2.27. The van der Waals surface area contributed by atoms with Crippen LogP contribution in [-0.4, -0.2) is 18.2 Å². The highest BCUT2D eigenvalue weighted by Gasteiger charge is 2.17. The topological polar surface area (TPSA) is 46.5 Å². The summed E-state index contributed by atoms with van der Waals surface area (Å²) in [4.78, 5) is 11.1. The van der Waals surface area contributed by atoms with Crippen LogP contribution in [0, 0.1) is 0 Å². The number of aliphatic carboxylic acids is 1. The van der Waals surface area contributed by atoms with Gasteiger partial charge < -0.3 is 9.84 Å². The molecule has 0 heterocycles. The van der Waals surface area contributed by atoms with E-state index in [2.05, 4.69) is 0 Å². The Morgan fingerprint density at radius 1 is 1.00 bits per heavy atom. The third kappa shape index (κ3) is 3.06. The lowest BCUT2D eigenvalue weighted by Crippen LogP contribution is -2.09. The molecule has 0 radical (unpaired) electrons. The Labute approximate surface area is 118 Å². The number of hydrogen-bond donors (Lipinski definition) is 1. The van der Waals surface area contributed by atoms with Gasteiger partial charge in [0.1, 0.15) is 6.10 Å². The largest absolute Gasteiger partial charge is 0.481 e. The lowest BCUT2D eigenvalue weighted by molar-refractivity contribution is -0.138. The second-order valence-corrected chi connectivity index (χ2v) is 4.76. The predicted molar refractivity (Wildman–Crippen MR) is 77.8 cm³/mol. The molecule has 3 heteroatoms. The molecule has 1 unspecified atom stereocenters. The first-order valence-electron chi connectivity index (χ1n) is 6.54. The summed E-state index contributed by atoms with van der Waals surface area (Å²) in [7, 11) is 1.66. The van der Waals surface area contributed by atoms with E-state index in [1.165, 1.54) is 0 Å². The molecule has 0 bridgehead atoms. The zero-order chi connectivity index (χ0) is 14.5. The molecule has 0 amide bonds. The number of ether oxygens (including phenoxy) is 1. The third-order valence-electron chi connectivity index (χ3n) is 3.42. The van der Waals surface area contributed by atoms with E-state index in [-0.39, 0.29) is 6.10 Å². The average molecular weight is 270 g/mol. The van der Waals surface area contributed by atoms with Gasteiger partial charge >= 0.3 is 5.97 Å². The smallest absolute Gasteiger partial charge is 0.310 e. The lowest BCUT2D eigenvalue weighted by Gasteiger charge is -2.18. The number of rotatable bonds is 5. The van der Waals surface area contributed by atoms with Crippen LogP contribution in [0.4, 0.5) is 0 Å². The molecule has 0 spiro atoms. The summed E-state index contributed by atoms with van der Waals surface area (Å²) in [5.41, 5.74) is 2.80. The van der Waals surface area contributed by atoms with Gasteiger partial charge in [0.15, 0.2) is 0 Å². The second kappa shape index (κ2) is 6.35. The molecule has 20 heavy (non-hydrogen) atoms. The zero-order valence-electron chi connectivity index (χ0n) is 11.6. The van der Waals surface area contributed by atoms with Gasteiger partial charge in [0.05, 0.1) is 5.92 Å². The van der Waals surface area contributed by atoms with Crippen molar-refractivity contribution in [3.63, 3.8) is 0 Å². The highest BCUT2D eigenvalue weighted by molar-refractivity contribution is 5.75. The minimum absolute atomic E-state index is 0.183. The molecular formula is C17H18O3. The van der Waals surface area contributed by atoms with E-state index in [0.29, 0.717) is 0 Å². The minimum Gasteiger partial charge on any atom is -0.481 e. The Kier molecular flexibility index (Phi) is 4.53. The molecule has 0 aliphatic carbocycles. The maximum Gasteiger partial charge on any atom is 0.310 e. The summed E-state index contributed by atoms with van der Waals surface area (Å²) in [6.45, 7) is 1.69. The highest BCUT2D eigenvalue weighted by atomic mass is 16.5. The van der Waals surface area contributed by atoms with Crippen LogP contribution in [0.2, 0.25) is 0 Å². The number of carboxylic acids is 1. The van der Waals surface area contributed by atoms with Gasteiger partial charge in [-0.15, -0.1) is 0 Å². The van der Waals surface area contributed by atoms with E-state index in [4.69, 9.17) is 9.84 Å². The standard InChI is InChI=1S/C17H18O3/c1-12(17(18)19)14-9-6-10-15(11-14)16(20-2)13-7-4-3-5-8-13/h3-12,16H,1-2H3,(H,18,19)/t12-,16?/m0/s1. The van der Waals surface area contributed by atoms with E-state index in [1.807, 2.05) is 54.6 Å². The van der Waals surface area contributed by atoms with Gasteiger partial charge in [-0.3, -0.25) is 4.79 Å². The van der Waals surface area contributed by atoms with E-state index in [1.54, 1.807) is 14.0 Å². The predicted octanol–water partition coefficient (Wildman–Crippen LogP) is 3.61. The summed E-state index contributed by atoms with van der Waals surface area (Å²) in [5, 5.41) is 9.11. The van der Waals surface area contributed by atoms with E-state index < -0.39 is 11.9 Å². The molecule has 0 aliphatic rings. The SMILES string of the molecule is COC(c1ccccc1)c1cccc([C@H](C)C(=O)O)c1. The van der Waals surface area contributed by atoms with Crippen LogP contribution in [0.3, 0.4) is 0 Å². The molecule has 2 aromatic rings. The average Bonchev–Trinajstić information content (AvgIpc) is 2.48. The normalized spacial score (nSPS) is 13.7. The van der Waals surface area contributed by atoms with Crippen molar-refractivity contribution in [3.05, 3.63) is 71.3 Å². The van der Waals surface area contributed by atoms with Crippen LogP contribution in [0.1, 0.15) is 35.6 Å². The number of methoxy groups -OCH3 is 1. The van der Waals surface area contributed by atoms with Crippen LogP contribution in [-0.2, 0) is 9.53 Å². The quantitative estimate of drug-likeness (QED) is 0.902. The van der Waals surface area contributed by atoms with Crippen molar-refractivity contribution in [2.24, 2.45) is 0 Å². The van der Waals surface area contributed by atoms with Crippen molar-refractivity contribution in [1.82, 2.24) is 0 Å². The molecule has 0 saturated heterocycles. The number of benzene rings is 2. The molecule has 2 aromatic carbocycles. The van der Waals surface area contributed by atoms with E-state index in [9.17, 15) is 4.79 Å². The van der Waals surface area contributed by atoms with E-state index in [0.717, 1.165) is 16.7 Å². The Hall–Kier alpha value is -2.13. The maximum absolute atomic E-state index is 11.1. The van der Waals surface area contributed by atoms with Gasteiger partial charge in [0.25, 0.3) is 0 Å². The molecular weight excluding hydrogens is 252 g/mol. The van der Waals surface area contributed by atoms with Gasteiger partial charge in [-0.1, -0.05) is 54.6 Å². The Bertz CT molecular complexity index is 578. The van der Waals surface area contributed by atoms with Gasteiger partial charge in [0.2, 0.25) is 0 Å². The Morgan fingerprint density at radius 2 is 1.60 bits per heavy atom. The van der Waals surface area contributed by atoms with Gasteiger partial charge in [-0.25, -0.2) is 0 Å². The first-order chi connectivity index (χ1) is 9.63. The van der Waals surface area contributed by atoms with Gasteiger partial charge in [0, 0.05) is 7.11 Å². The van der Waals surface area contributed by atoms with Crippen molar-refractivity contribution >= 4 is 5.97 Å². The van der Waals surface area contributed by atoms with E-state index >= 15 is 0 Å². The fourth-order valence-corrected chi connectivity index (χ4v) is 2.23. The molecule has 0 aromatic heterocycles. The molecule has 0 saturated carbocycles. The Balaban J connectivity index is 2.36. The number of carbonyl (C=O) groups is 1. The van der Waals surface area contributed by atoms with Crippen LogP contribution in [0.25, 0.3) is 0 Å². The summed E-state index contributed by atoms with van der Waals surface area (Å²) in [6.07, 6.45) is -0.183. The number of hydrogen-bond acceptors (Lipinski definition) is 2. The Morgan fingerprint density at radius 3 is 2.20 bits per heavy atom. The molecule has 104 valence electrons. The summed E-state index contributed by atoms with van der Waals surface area (Å²) < 4.78 is 5.57. The molecule has 2 atom stereocenters. The first kappa shape index (κ1) is 14.3. The third-order valence-corrected chi connectivity index (χ3v) is 3.42. The van der Waals surface area contributed by atoms with Crippen LogP contribution >= 0.6 is 0 Å². The van der Waals surface area contributed by atoms with Gasteiger partial charge in [-0.2, -0.15) is 0 Å². The molecule has 2 rings (SSSR count). The van der Waals surface area contributed by atoms with Crippen molar-refractivity contribution in [2.75, 3.05) is 7.11 Å². The maximum atomic E-state index is 11.1. The van der Waals surface area contributed by atoms with Crippen molar-refractivity contribution in [1.29, 1.82) is 0 Å². The summed E-state index contributed by atoms with van der Waals surface area (Å²) >= 11 is 0. The van der Waals surface area contributed by atoms with Crippen molar-refractivity contribution in [3.8, 4) is 0 Å². The number of carboxylic acid groups (broad SMARTS) is 1. The first-order valence-corrected chi connectivity index (χ1v) is 6.54. The zero-order valence-corrected chi connectivity index (χ0v) is 11.6. The lowest BCUT2D eigenvalue weighted by atomic mass is 9.95. The fraction of sp³-hybridized carbons (Fsp3) is 0.235. The fourth-order valence-electron chi connectivity index (χ4n) is 2.23. The van der Waals surface area contributed by atoms with Crippen LogP contribution in [0.5, 0.6) is 0 Å². The molecule has 0 fully saturated rings. The molecule has 3 nitrogen and oxygen atoms in total. The van der Waals surface area contributed by atoms with Crippen molar-refractivity contribution in [2.45, 2.75) is 18.9 Å². The van der Waals surface area contributed by atoms with Crippen molar-refractivity contribution < 1.29 is 14.6 Å².